The molecule has 5 nitrogen and oxygen atoms in total. The minimum absolute atomic E-state index is 0.0167. The number of benzene rings is 1. The van der Waals surface area contributed by atoms with E-state index in [-0.39, 0.29) is 17.5 Å². The Morgan fingerprint density at radius 1 is 1.03 bits per heavy atom. The molecule has 1 aromatic carbocycles. The summed E-state index contributed by atoms with van der Waals surface area (Å²) in [6.45, 7) is 3.11. The summed E-state index contributed by atoms with van der Waals surface area (Å²) in [5.41, 5.74) is 5.86. The highest BCUT2D eigenvalue weighted by Crippen LogP contribution is 2.29. The summed E-state index contributed by atoms with van der Waals surface area (Å²) in [6.07, 6.45) is 17.2. The van der Waals surface area contributed by atoms with E-state index in [2.05, 4.69) is 58.0 Å². The molecular formula is C31H29N3O2. The van der Waals surface area contributed by atoms with Crippen molar-refractivity contribution in [3.63, 3.8) is 0 Å². The number of imidazole rings is 1. The van der Waals surface area contributed by atoms with Crippen LogP contribution in [0.15, 0.2) is 102 Å². The van der Waals surface area contributed by atoms with Crippen LogP contribution in [0.2, 0.25) is 0 Å². The van der Waals surface area contributed by atoms with Gasteiger partial charge in [-0.1, -0.05) is 60.7 Å². The minimum Gasteiger partial charge on any atom is -0.306 e. The third-order valence-corrected chi connectivity index (χ3v) is 7.43. The van der Waals surface area contributed by atoms with Gasteiger partial charge in [-0.3, -0.25) is 14.5 Å². The number of rotatable bonds is 7. The normalized spacial score (nSPS) is 21.5. The van der Waals surface area contributed by atoms with Crippen LogP contribution in [-0.4, -0.2) is 38.9 Å². The molecule has 6 rings (SSSR count). The molecule has 1 saturated heterocycles. The van der Waals surface area contributed by atoms with Crippen LogP contribution in [0.5, 0.6) is 0 Å². The Hall–Kier alpha value is -3.83. The van der Waals surface area contributed by atoms with Crippen molar-refractivity contribution >= 4 is 17.2 Å². The Morgan fingerprint density at radius 3 is 2.81 bits per heavy atom. The van der Waals surface area contributed by atoms with Crippen molar-refractivity contribution in [2.24, 2.45) is 5.92 Å². The fourth-order valence-electron chi connectivity index (χ4n) is 5.50. The summed E-state index contributed by atoms with van der Waals surface area (Å²) in [5.74, 6) is 0.319. The van der Waals surface area contributed by atoms with Crippen LogP contribution in [0.25, 0.3) is 5.65 Å². The third kappa shape index (κ3) is 4.67. The molecule has 0 N–H and O–H groups in total. The van der Waals surface area contributed by atoms with E-state index in [9.17, 15) is 9.59 Å². The molecule has 0 radical (unpaired) electrons. The summed E-state index contributed by atoms with van der Waals surface area (Å²) in [7, 11) is 0. The standard InChI is InChI=1S/C31H29N3O2/c35-29(26-16-24-8-4-5-9-28(24)30(36)17-26)12-11-27-21-34-19-22(10-13-31(34)32-27)18-33-15-14-25(20-33)23-6-2-1-3-7-23/h1-10,13,16-17,19,21,25,28H,11-12,14-15,18,20H2. The van der Waals surface area contributed by atoms with Gasteiger partial charge in [0.25, 0.3) is 0 Å². The summed E-state index contributed by atoms with van der Waals surface area (Å²) in [5, 5.41) is 0. The van der Waals surface area contributed by atoms with Gasteiger partial charge in [-0.05, 0) is 60.2 Å². The van der Waals surface area contributed by atoms with Crippen molar-refractivity contribution in [1.29, 1.82) is 0 Å². The lowest BCUT2D eigenvalue weighted by molar-refractivity contribution is -0.118. The molecule has 0 bridgehead atoms. The number of aryl methyl sites for hydroxylation is 1. The number of hydrogen-bond acceptors (Lipinski definition) is 4. The second-order valence-electron chi connectivity index (χ2n) is 9.96. The van der Waals surface area contributed by atoms with Crippen LogP contribution in [0, 0.1) is 5.92 Å². The third-order valence-electron chi connectivity index (χ3n) is 7.43. The lowest BCUT2D eigenvalue weighted by Gasteiger charge is -2.19. The van der Waals surface area contributed by atoms with Gasteiger partial charge in [-0.25, -0.2) is 4.98 Å². The first-order valence-corrected chi connectivity index (χ1v) is 12.7. The number of carbonyl (C=O) groups is 2. The maximum atomic E-state index is 12.8. The fourth-order valence-corrected chi connectivity index (χ4v) is 5.50. The predicted octanol–water partition coefficient (Wildman–Crippen LogP) is 5.00. The summed E-state index contributed by atoms with van der Waals surface area (Å²) < 4.78 is 2.06. The van der Waals surface area contributed by atoms with E-state index in [0.717, 1.165) is 36.5 Å². The van der Waals surface area contributed by atoms with Gasteiger partial charge in [0.1, 0.15) is 5.65 Å². The molecule has 180 valence electrons. The lowest BCUT2D eigenvalue weighted by Crippen LogP contribution is -2.19. The maximum Gasteiger partial charge on any atom is 0.167 e. The van der Waals surface area contributed by atoms with Crippen molar-refractivity contribution in [2.45, 2.75) is 31.7 Å². The molecule has 2 unspecified atom stereocenters. The van der Waals surface area contributed by atoms with Crippen molar-refractivity contribution in [3.8, 4) is 0 Å². The van der Waals surface area contributed by atoms with Crippen LogP contribution in [-0.2, 0) is 22.6 Å². The molecule has 3 aromatic rings. The van der Waals surface area contributed by atoms with Gasteiger partial charge in [0.15, 0.2) is 11.6 Å². The highest BCUT2D eigenvalue weighted by atomic mass is 16.1. The van der Waals surface area contributed by atoms with E-state index in [1.165, 1.54) is 23.6 Å². The van der Waals surface area contributed by atoms with E-state index in [1.807, 2.05) is 36.6 Å². The Kier molecular flexibility index (Phi) is 6.08. The molecule has 3 heterocycles. The number of carbonyl (C=O) groups excluding carboxylic acids is 2. The Morgan fingerprint density at radius 2 is 1.92 bits per heavy atom. The second-order valence-corrected chi connectivity index (χ2v) is 9.96. The number of hydrogen-bond donors (Lipinski definition) is 0. The van der Waals surface area contributed by atoms with Gasteiger partial charge >= 0.3 is 0 Å². The molecule has 0 amide bonds. The van der Waals surface area contributed by atoms with E-state index in [4.69, 9.17) is 4.98 Å². The summed E-state index contributed by atoms with van der Waals surface area (Å²) >= 11 is 0. The molecule has 2 atom stereocenters. The lowest BCUT2D eigenvalue weighted by atomic mass is 9.83. The molecule has 2 aliphatic carbocycles. The second kappa shape index (κ2) is 9.67. The Labute approximate surface area is 211 Å². The molecule has 36 heavy (non-hydrogen) atoms. The van der Waals surface area contributed by atoms with Gasteiger partial charge in [0.2, 0.25) is 0 Å². The number of aromatic nitrogens is 2. The first kappa shape index (κ1) is 22.6. The molecule has 0 spiro atoms. The molecule has 1 fully saturated rings. The smallest absolute Gasteiger partial charge is 0.167 e. The highest BCUT2D eigenvalue weighted by molar-refractivity contribution is 6.09. The minimum atomic E-state index is -0.246. The van der Waals surface area contributed by atoms with Crippen molar-refractivity contribution in [3.05, 3.63) is 119 Å². The van der Waals surface area contributed by atoms with E-state index in [0.29, 0.717) is 24.3 Å². The molecule has 1 aliphatic heterocycles. The SMILES string of the molecule is O=C(CCc1cn2cc(CN3CCC(c4ccccc4)C3)ccc2n1)C1=CC(=O)C2C=CC=CC2=C1. The summed E-state index contributed by atoms with van der Waals surface area (Å²) in [4.78, 5) is 32.5. The van der Waals surface area contributed by atoms with Crippen LogP contribution < -0.4 is 0 Å². The fraction of sp³-hybridized carbons (Fsp3) is 0.258. The Balaban J connectivity index is 1.08. The van der Waals surface area contributed by atoms with Crippen molar-refractivity contribution in [2.75, 3.05) is 13.1 Å². The van der Waals surface area contributed by atoms with Gasteiger partial charge < -0.3 is 4.40 Å². The van der Waals surface area contributed by atoms with Crippen LogP contribution in [0.4, 0.5) is 0 Å². The zero-order chi connectivity index (χ0) is 24.5. The first-order valence-electron chi connectivity index (χ1n) is 12.7. The van der Waals surface area contributed by atoms with Crippen LogP contribution >= 0.6 is 0 Å². The zero-order valence-electron chi connectivity index (χ0n) is 20.2. The van der Waals surface area contributed by atoms with E-state index >= 15 is 0 Å². The van der Waals surface area contributed by atoms with Crippen molar-refractivity contribution in [1.82, 2.24) is 14.3 Å². The number of likely N-dealkylation sites (tertiary alicyclic amines) is 1. The van der Waals surface area contributed by atoms with E-state index < -0.39 is 0 Å². The average Bonchev–Trinajstić information content (AvgIpc) is 3.54. The van der Waals surface area contributed by atoms with Crippen molar-refractivity contribution < 1.29 is 9.59 Å². The number of Topliss-reactive ketones (excluding diaryl/α,β-unsaturated/α-hetero) is 1. The molecule has 5 heteroatoms. The largest absolute Gasteiger partial charge is 0.306 e. The van der Waals surface area contributed by atoms with Crippen LogP contribution in [0.1, 0.15) is 35.6 Å². The van der Waals surface area contributed by atoms with Gasteiger partial charge in [-0.2, -0.15) is 0 Å². The predicted molar refractivity (Wildman–Crippen MR) is 141 cm³/mol. The quantitative estimate of drug-likeness (QED) is 0.482. The number of nitrogens with zero attached hydrogens (tertiary/aromatic N) is 3. The molecule has 3 aliphatic rings. The topological polar surface area (TPSA) is 54.7 Å². The van der Waals surface area contributed by atoms with Crippen LogP contribution in [0.3, 0.4) is 0 Å². The van der Waals surface area contributed by atoms with Gasteiger partial charge in [0, 0.05) is 37.5 Å². The molecule has 0 saturated carbocycles. The van der Waals surface area contributed by atoms with Gasteiger partial charge in [0.05, 0.1) is 11.6 Å². The Bertz CT molecular complexity index is 1440. The number of allylic oxidation sites excluding steroid dienone is 8. The maximum absolute atomic E-state index is 12.8. The zero-order valence-corrected chi connectivity index (χ0v) is 20.2. The van der Waals surface area contributed by atoms with E-state index in [1.54, 1.807) is 0 Å². The molecular weight excluding hydrogens is 446 g/mol. The molecule has 2 aromatic heterocycles. The average molecular weight is 476 g/mol. The number of fused-ring (bicyclic) bond motifs is 2. The van der Waals surface area contributed by atoms with Gasteiger partial charge in [-0.15, -0.1) is 0 Å². The highest BCUT2D eigenvalue weighted by Gasteiger charge is 2.26. The number of pyridine rings is 1. The number of ketones is 2. The monoisotopic (exact) mass is 475 g/mol. The first-order chi connectivity index (χ1) is 17.6. The summed E-state index contributed by atoms with van der Waals surface area (Å²) in [6, 6.07) is 15.0.